The summed E-state index contributed by atoms with van der Waals surface area (Å²) in [6.45, 7) is 2.47. The standard InChI is InChI=1S/C31H24N4O4/c36-34(37)28-11-5-22(6-12-28)1-3-24-9-15-30-26(17-24)19-32-21-33(30)20-27-18-25(10-16-31(27)32)4-2-23-7-13-29(14-8-23)35(38)39/h1-18H,19-21H2/b3-1+,4-2+. The van der Waals surface area contributed by atoms with Crippen molar-refractivity contribution in [3.63, 3.8) is 0 Å². The quantitative estimate of drug-likeness (QED) is 0.154. The average molecular weight is 517 g/mol. The second kappa shape index (κ2) is 9.90. The van der Waals surface area contributed by atoms with Crippen molar-refractivity contribution in [2.24, 2.45) is 0 Å². The molecule has 0 aromatic heterocycles. The van der Waals surface area contributed by atoms with Crippen LogP contribution in [0.25, 0.3) is 24.3 Å². The summed E-state index contributed by atoms with van der Waals surface area (Å²) in [5.41, 5.74) is 9.16. The second-order valence-corrected chi connectivity index (χ2v) is 9.68. The number of nitro benzene ring substituents is 2. The molecule has 0 radical (unpaired) electrons. The van der Waals surface area contributed by atoms with Crippen LogP contribution in [-0.4, -0.2) is 16.5 Å². The van der Waals surface area contributed by atoms with Crippen LogP contribution in [0.15, 0.2) is 84.9 Å². The van der Waals surface area contributed by atoms with E-state index in [1.807, 2.05) is 24.3 Å². The molecule has 0 amide bonds. The van der Waals surface area contributed by atoms with Gasteiger partial charge < -0.3 is 9.80 Å². The van der Waals surface area contributed by atoms with Crippen LogP contribution < -0.4 is 9.80 Å². The van der Waals surface area contributed by atoms with Gasteiger partial charge in [0.05, 0.1) is 16.5 Å². The molecule has 4 aromatic carbocycles. The van der Waals surface area contributed by atoms with Gasteiger partial charge in [0.25, 0.3) is 11.4 Å². The molecule has 2 aliphatic heterocycles. The molecule has 0 saturated heterocycles. The van der Waals surface area contributed by atoms with Crippen LogP contribution in [0.4, 0.5) is 22.7 Å². The molecular weight excluding hydrogens is 492 g/mol. The Morgan fingerprint density at radius 2 is 0.897 bits per heavy atom. The molecule has 0 spiro atoms. The molecular formula is C31H24N4O4. The van der Waals surface area contributed by atoms with Crippen molar-refractivity contribution < 1.29 is 9.85 Å². The van der Waals surface area contributed by atoms with Gasteiger partial charge in [0.1, 0.15) is 0 Å². The summed E-state index contributed by atoms with van der Waals surface area (Å²) in [6, 6.07) is 26.0. The van der Waals surface area contributed by atoms with Gasteiger partial charge in [-0.25, -0.2) is 0 Å². The molecule has 0 atom stereocenters. The van der Waals surface area contributed by atoms with Crippen LogP contribution in [0.2, 0.25) is 0 Å². The minimum atomic E-state index is -0.393. The first-order chi connectivity index (χ1) is 18.9. The largest absolute Gasteiger partial charge is 0.349 e. The fourth-order valence-electron chi connectivity index (χ4n) is 5.13. The molecule has 6 rings (SSSR count). The first-order valence-corrected chi connectivity index (χ1v) is 12.5. The van der Waals surface area contributed by atoms with Crippen molar-refractivity contribution in [3.05, 3.63) is 139 Å². The van der Waals surface area contributed by atoms with Crippen molar-refractivity contribution in [3.8, 4) is 0 Å². The van der Waals surface area contributed by atoms with E-state index in [1.165, 1.54) is 46.8 Å². The zero-order valence-electron chi connectivity index (χ0n) is 20.9. The third kappa shape index (κ3) is 5.00. The van der Waals surface area contributed by atoms with Crippen LogP contribution >= 0.6 is 0 Å². The fraction of sp³-hybridized carbons (Fsp3) is 0.0968. The maximum atomic E-state index is 10.9. The first-order valence-electron chi connectivity index (χ1n) is 12.5. The highest BCUT2D eigenvalue weighted by molar-refractivity contribution is 5.76. The lowest BCUT2D eigenvalue weighted by molar-refractivity contribution is -0.385. The Kier molecular flexibility index (Phi) is 6.13. The summed E-state index contributed by atoms with van der Waals surface area (Å²) < 4.78 is 0. The normalized spacial score (nSPS) is 13.9. The number of hydrogen-bond donors (Lipinski definition) is 0. The van der Waals surface area contributed by atoms with Gasteiger partial charge in [0.2, 0.25) is 0 Å². The van der Waals surface area contributed by atoms with Crippen LogP contribution in [-0.2, 0) is 13.1 Å². The molecule has 0 unspecified atom stereocenters. The number of hydrogen-bond acceptors (Lipinski definition) is 6. The molecule has 2 aliphatic rings. The Labute approximate surface area is 225 Å². The number of nitro groups is 2. The lowest BCUT2D eigenvalue weighted by Gasteiger charge is -2.45. The third-order valence-electron chi connectivity index (χ3n) is 7.10. The van der Waals surface area contributed by atoms with Gasteiger partial charge in [-0.2, -0.15) is 0 Å². The Hall–Kier alpha value is -5.24. The molecule has 2 bridgehead atoms. The van der Waals surface area contributed by atoms with E-state index in [9.17, 15) is 20.2 Å². The number of nitrogens with zero attached hydrogens (tertiary/aromatic N) is 4. The first kappa shape index (κ1) is 24.1. The number of anilines is 2. The number of fused-ring (bicyclic) bond motifs is 6. The summed E-state index contributed by atoms with van der Waals surface area (Å²) in [7, 11) is 0. The Balaban J connectivity index is 1.18. The highest BCUT2D eigenvalue weighted by atomic mass is 16.6. The van der Waals surface area contributed by atoms with Crippen LogP contribution in [0.5, 0.6) is 0 Å². The summed E-state index contributed by atoms with van der Waals surface area (Å²) in [5, 5.41) is 21.7. The van der Waals surface area contributed by atoms with E-state index in [4.69, 9.17) is 0 Å². The van der Waals surface area contributed by atoms with Crippen molar-refractivity contribution in [2.75, 3.05) is 16.5 Å². The topological polar surface area (TPSA) is 92.8 Å². The molecule has 192 valence electrons. The van der Waals surface area contributed by atoms with E-state index >= 15 is 0 Å². The zero-order chi connectivity index (χ0) is 26.9. The Morgan fingerprint density at radius 3 is 1.28 bits per heavy atom. The number of non-ortho nitro benzene ring substituents is 2. The molecule has 0 aliphatic carbocycles. The molecule has 0 saturated carbocycles. The molecule has 39 heavy (non-hydrogen) atoms. The number of benzene rings is 4. The summed E-state index contributed by atoms with van der Waals surface area (Å²) >= 11 is 0. The van der Waals surface area contributed by atoms with Crippen LogP contribution in [0.1, 0.15) is 33.4 Å². The van der Waals surface area contributed by atoms with E-state index in [1.54, 1.807) is 24.3 Å². The predicted octanol–water partition coefficient (Wildman–Crippen LogP) is 7.14. The smallest absolute Gasteiger partial charge is 0.269 e. The Bertz CT molecular complexity index is 1520. The minimum Gasteiger partial charge on any atom is -0.349 e. The van der Waals surface area contributed by atoms with E-state index in [-0.39, 0.29) is 11.4 Å². The van der Waals surface area contributed by atoms with Crippen LogP contribution in [0, 0.1) is 20.2 Å². The molecule has 8 heteroatoms. The maximum Gasteiger partial charge on any atom is 0.269 e. The van der Waals surface area contributed by atoms with Gasteiger partial charge in [-0.15, -0.1) is 0 Å². The van der Waals surface area contributed by atoms with Gasteiger partial charge in [-0.1, -0.05) is 36.4 Å². The van der Waals surface area contributed by atoms with Gasteiger partial charge in [0, 0.05) is 48.7 Å². The minimum absolute atomic E-state index is 0.0866. The zero-order valence-corrected chi connectivity index (χ0v) is 20.9. The van der Waals surface area contributed by atoms with E-state index in [0.29, 0.717) is 0 Å². The fourth-order valence-corrected chi connectivity index (χ4v) is 5.13. The van der Waals surface area contributed by atoms with Crippen molar-refractivity contribution in [1.29, 1.82) is 0 Å². The van der Waals surface area contributed by atoms with Gasteiger partial charge in [-0.3, -0.25) is 20.2 Å². The Morgan fingerprint density at radius 1 is 0.538 bits per heavy atom. The summed E-state index contributed by atoms with van der Waals surface area (Å²) in [4.78, 5) is 25.7. The maximum absolute atomic E-state index is 10.9. The SMILES string of the molecule is O=[N+]([O-])c1ccc(/C=C/c2ccc3c(c2)CN2CN3Cc3cc(/C=C/c4ccc([N+](=O)[O-])cc4)ccc32)cc1. The van der Waals surface area contributed by atoms with Gasteiger partial charge in [-0.05, 0) is 81.9 Å². The lowest BCUT2D eigenvalue weighted by Crippen LogP contribution is -2.46. The molecule has 2 heterocycles. The monoisotopic (exact) mass is 516 g/mol. The van der Waals surface area contributed by atoms with E-state index < -0.39 is 9.85 Å². The van der Waals surface area contributed by atoms with Crippen molar-refractivity contribution in [1.82, 2.24) is 0 Å². The molecule has 4 aromatic rings. The van der Waals surface area contributed by atoms with Crippen molar-refractivity contribution >= 4 is 47.1 Å². The highest BCUT2D eigenvalue weighted by Crippen LogP contribution is 2.39. The average Bonchev–Trinajstić information content (AvgIpc) is 2.95. The molecule has 0 fully saturated rings. The second-order valence-electron chi connectivity index (χ2n) is 9.68. The van der Waals surface area contributed by atoms with Gasteiger partial charge >= 0.3 is 0 Å². The van der Waals surface area contributed by atoms with Gasteiger partial charge in [0.15, 0.2) is 0 Å². The summed E-state index contributed by atoms with van der Waals surface area (Å²) in [6.07, 6.45) is 8.01. The highest BCUT2D eigenvalue weighted by Gasteiger charge is 2.29. The summed E-state index contributed by atoms with van der Waals surface area (Å²) in [5.74, 6) is 0. The van der Waals surface area contributed by atoms with Crippen LogP contribution in [0.3, 0.4) is 0 Å². The lowest BCUT2D eigenvalue weighted by atomic mass is 9.98. The van der Waals surface area contributed by atoms with E-state index in [2.05, 4.69) is 46.2 Å². The van der Waals surface area contributed by atoms with E-state index in [0.717, 1.165) is 42.0 Å². The predicted molar refractivity (Wildman–Crippen MR) is 154 cm³/mol. The molecule has 0 N–H and O–H groups in total. The van der Waals surface area contributed by atoms with Crippen molar-refractivity contribution in [2.45, 2.75) is 13.1 Å². The number of rotatable bonds is 6. The molecule has 8 nitrogen and oxygen atoms in total. The third-order valence-corrected chi connectivity index (χ3v) is 7.10.